The van der Waals surface area contributed by atoms with Crippen molar-refractivity contribution in [2.24, 2.45) is 5.14 Å². The first-order valence-corrected chi connectivity index (χ1v) is 5.16. The van der Waals surface area contributed by atoms with Crippen LogP contribution < -0.4 is 5.14 Å². The third-order valence-electron chi connectivity index (χ3n) is 1.65. The summed E-state index contributed by atoms with van der Waals surface area (Å²) < 4.78 is 4.73. The van der Waals surface area contributed by atoms with Crippen LogP contribution >= 0.6 is 11.9 Å². The molecule has 8 heteroatoms. The van der Waals surface area contributed by atoms with Crippen LogP contribution in [0.2, 0.25) is 0 Å². The Morgan fingerprint density at radius 1 is 1.75 bits per heavy atom. The molecule has 0 aliphatic heterocycles. The fourth-order valence-electron chi connectivity index (χ4n) is 0.990. The molecule has 0 atom stereocenters. The van der Waals surface area contributed by atoms with E-state index in [9.17, 15) is 14.9 Å². The topological polar surface area (TPSA) is 108 Å². The highest BCUT2D eigenvalue weighted by atomic mass is 32.2. The van der Waals surface area contributed by atoms with Crippen LogP contribution in [0.4, 0.5) is 5.69 Å². The van der Waals surface area contributed by atoms with Gasteiger partial charge in [0.2, 0.25) is 0 Å². The van der Waals surface area contributed by atoms with Gasteiger partial charge in [-0.25, -0.2) is 9.78 Å². The van der Waals surface area contributed by atoms with Crippen LogP contribution in [-0.4, -0.2) is 22.5 Å². The Labute approximate surface area is 95.3 Å². The number of aromatic nitrogens is 1. The molecule has 16 heavy (non-hydrogen) atoms. The molecule has 0 fully saturated rings. The standard InChI is InChI=1S/C8H9N3O4S/c1-2-15-8(12)6-3-5(11(13)14)4-10-7(6)16-9/h3-4H,2,9H2,1H3. The number of carbonyl (C=O) groups is 1. The van der Waals surface area contributed by atoms with Crippen molar-refractivity contribution in [2.75, 3.05) is 6.61 Å². The quantitative estimate of drug-likeness (QED) is 0.365. The lowest BCUT2D eigenvalue weighted by Crippen LogP contribution is -2.08. The minimum Gasteiger partial charge on any atom is -0.462 e. The van der Waals surface area contributed by atoms with E-state index < -0.39 is 10.9 Å². The SMILES string of the molecule is CCOC(=O)c1cc([N+](=O)[O-])cnc1SN. The van der Waals surface area contributed by atoms with E-state index in [1.165, 1.54) is 0 Å². The van der Waals surface area contributed by atoms with Gasteiger partial charge in [0.1, 0.15) is 11.2 Å². The number of nitro groups is 1. The first-order valence-electron chi connectivity index (χ1n) is 4.28. The van der Waals surface area contributed by atoms with Gasteiger partial charge in [0.15, 0.2) is 0 Å². The largest absolute Gasteiger partial charge is 0.462 e. The molecule has 0 radical (unpaired) electrons. The van der Waals surface area contributed by atoms with Gasteiger partial charge in [-0.3, -0.25) is 15.3 Å². The van der Waals surface area contributed by atoms with Crippen molar-refractivity contribution in [3.63, 3.8) is 0 Å². The molecule has 86 valence electrons. The zero-order valence-electron chi connectivity index (χ0n) is 8.37. The summed E-state index contributed by atoms with van der Waals surface area (Å²) in [5.41, 5.74) is -0.274. The molecule has 1 aromatic heterocycles. The smallest absolute Gasteiger partial charge is 0.341 e. The molecule has 0 unspecified atom stereocenters. The maximum atomic E-state index is 11.4. The third kappa shape index (κ3) is 2.67. The van der Waals surface area contributed by atoms with Gasteiger partial charge < -0.3 is 4.74 Å². The van der Waals surface area contributed by atoms with Gasteiger partial charge in [-0.05, 0) is 18.9 Å². The summed E-state index contributed by atoms with van der Waals surface area (Å²) in [6, 6.07) is 1.10. The Morgan fingerprint density at radius 3 is 2.94 bits per heavy atom. The van der Waals surface area contributed by atoms with E-state index in [2.05, 4.69) is 4.98 Å². The maximum Gasteiger partial charge on any atom is 0.341 e. The van der Waals surface area contributed by atoms with Crippen molar-refractivity contribution >= 4 is 23.6 Å². The van der Waals surface area contributed by atoms with E-state index >= 15 is 0 Å². The van der Waals surface area contributed by atoms with Gasteiger partial charge in [0, 0.05) is 6.07 Å². The van der Waals surface area contributed by atoms with Gasteiger partial charge in [0.25, 0.3) is 5.69 Å². The molecule has 0 amide bonds. The predicted octanol–water partition coefficient (Wildman–Crippen LogP) is 1.13. The van der Waals surface area contributed by atoms with Crippen molar-refractivity contribution in [3.8, 4) is 0 Å². The number of rotatable bonds is 4. The number of nitrogens with two attached hydrogens (primary N) is 1. The van der Waals surface area contributed by atoms with Gasteiger partial charge in [-0.2, -0.15) is 0 Å². The summed E-state index contributed by atoms with van der Waals surface area (Å²) in [7, 11) is 0. The second-order valence-electron chi connectivity index (χ2n) is 2.64. The molecule has 0 aliphatic rings. The fourth-order valence-corrected chi connectivity index (χ4v) is 1.37. The highest BCUT2D eigenvalue weighted by Crippen LogP contribution is 2.21. The molecule has 0 aliphatic carbocycles. The summed E-state index contributed by atoms with van der Waals surface area (Å²) >= 11 is 0.735. The molecule has 2 N–H and O–H groups in total. The third-order valence-corrected chi connectivity index (χ3v) is 2.20. The van der Waals surface area contributed by atoms with E-state index in [1.807, 2.05) is 0 Å². The van der Waals surface area contributed by atoms with Gasteiger partial charge in [-0.15, -0.1) is 0 Å². The Morgan fingerprint density at radius 2 is 2.44 bits per heavy atom. The lowest BCUT2D eigenvalue weighted by molar-refractivity contribution is -0.385. The van der Waals surface area contributed by atoms with Gasteiger partial charge in [0.05, 0.1) is 17.1 Å². The molecule has 0 saturated heterocycles. The van der Waals surface area contributed by atoms with Crippen LogP contribution in [-0.2, 0) is 4.74 Å². The minimum atomic E-state index is -0.674. The number of ether oxygens (including phenoxy) is 1. The lowest BCUT2D eigenvalue weighted by Gasteiger charge is -2.04. The van der Waals surface area contributed by atoms with Crippen molar-refractivity contribution in [1.29, 1.82) is 0 Å². The second kappa shape index (κ2) is 5.42. The average molecular weight is 243 g/mol. The zero-order chi connectivity index (χ0) is 12.1. The molecule has 7 nitrogen and oxygen atoms in total. The number of hydrogen-bond acceptors (Lipinski definition) is 7. The molecule has 1 aromatic rings. The summed E-state index contributed by atoms with van der Waals surface area (Å²) in [6.45, 7) is 1.81. The zero-order valence-corrected chi connectivity index (χ0v) is 9.19. The maximum absolute atomic E-state index is 11.4. The molecular formula is C8H9N3O4S. The number of carbonyl (C=O) groups excluding carboxylic acids is 1. The van der Waals surface area contributed by atoms with E-state index in [1.54, 1.807) is 6.92 Å². The normalized spacial score (nSPS) is 9.88. The predicted molar refractivity (Wildman–Crippen MR) is 56.9 cm³/mol. The van der Waals surface area contributed by atoms with Crippen LogP contribution in [0.5, 0.6) is 0 Å². The van der Waals surface area contributed by atoms with Crippen molar-refractivity contribution in [1.82, 2.24) is 4.98 Å². The molecule has 1 heterocycles. The molecular weight excluding hydrogens is 234 g/mol. The Hall–Kier alpha value is -1.67. The molecule has 1 rings (SSSR count). The van der Waals surface area contributed by atoms with Crippen molar-refractivity contribution in [3.05, 3.63) is 27.9 Å². The van der Waals surface area contributed by atoms with Gasteiger partial charge >= 0.3 is 5.97 Å². The van der Waals surface area contributed by atoms with Crippen LogP contribution in [0.25, 0.3) is 0 Å². The second-order valence-corrected chi connectivity index (χ2v) is 3.26. The Balaban J connectivity index is 3.16. The summed E-state index contributed by atoms with van der Waals surface area (Å²) in [5.74, 6) is -0.674. The molecule has 0 saturated carbocycles. The summed E-state index contributed by atoms with van der Waals surface area (Å²) in [4.78, 5) is 25.0. The first kappa shape index (κ1) is 12.4. The number of nitrogens with zero attached hydrogens (tertiary/aromatic N) is 2. The van der Waals surface area contributed by atoms with E-state index in [-0.39, 0.29) is 22.9 Å². The molecule has 0 spiro atoms. The number of esters is 1. The van der Waals surface area contributed by atoms with Crippen LogP contribution in [0, 0.1) is 10.1 Å². The first-order chi connectivity index (χ1) is 7.60. The molecule has 0 bridgehead atoms. The minimum absolute atomic E-state index is 0.00329. The number of pyridine rings is 1. The number of hydrogen-bond donors (Lipinski definition) is 1. The highest BCUT2D eigenvalue weighted by molar-refractivity contribution is 7.97. The van der Waals surface area contributed by atoms with Crippen molar-refractivity contribution in [2.45, 2.75) is 11.9 Å². The van der Waals surface area contributed by atoms with Crippen LogP contribution in [0.3, 0.4) is 0 Å². The van der Waals surface area contributed by atoms with Gasteiger partial charge in [-0.1, -0.05) is 0 Å². The Bertz CT molecular complexity index is 424. The Kier molecular flexibility index (Phi) is 4.20. The van der Waals surface area contributed by atoms with E-state index in [0.29, 0.717) is 0 Å². The summed E-state index contributed by atoms with van der Waals surface area (Å²) in [6.07, 6.45) is 1.04. The van der Waals surface area contributed by atoms with Crippen LogP contribution in [0.15, 0.2) is 17.3 Å². The highest BCUT2D eigenvalue weighted by Gasteiger charge is 2.18. The average Bonchev–Trinajstić information content (AvgIpc) is 2.28. The monoisotopic (exact) mass is 243 g/mol. The molecule has 0 aromatic carbocycles. The summed E-state index contributed by atoms with van der Waals surface area (Å²) in [5, 5.41) is 16.0. The fraction of sp³-hybridized carbons (Fsp3) is 0.250. The van der Waals surface area contributed by atoms with Crippen LogP contribution in [0.1, 0.15) is 17.3 Å². The lowest BCUT2D eigenvalue weighted by atomic mass is 10.2. The van der Waals surface area contributed by atoms with E-state index in [0.717, 1.165) is 24.2 Å². The van der Waals surface area contributed by atoms with E-state index in [4.69, 9.17) is 9.88 Å². The van der Waals surface area contributed by atoms with Crippen molar-refractivity contribution < 1.29 is 14.5 Å².